The van der Waals surface area contributed by atoms with Gasteiger partial charge in [0.1, 0.15) is 0 Å². The lowest BCUT2D eigenvalue weighted by Gasteiger charge is -2.23. The zero-order chi connectivity index (χ0) is 12.6. The number of hydrogen-bond donors (Lipinski definition) is 1. The third-order valence-electron chi connectivity index (χ3n) is 2.76. The first-order valence-corrected chi connectivity index (χ1v) is 5.86. The van der Waals surface area contributed by atoms with E-state index in [9.17, 15) is 0 Å². The van der Waals surface area contributed by atoms with Crippen LogP contribution in [0.2, 0.25) is 0 Å². The molecule has 0 aromatic heterocycles. The van der Waals surface area contributed by atoms with Crippen molar-refractivity contribution in [2.75, 3.05) is 5.32 Å². The van der Waals surface area contributed by atoms with Gasteiger partial charge in [-0.1, -0.05) is 37.4 Å². The molecule has 0 fully saturated rings. The minimum atomic E-state index is 0.0396. The number of nitrogens with one attached hydrogen (secondary N) is 1. The van der Waals surface area contributed by atoms with Gasteiger partial charge in [0.15, 0.2) is 0 Å². The molecule has 0 radical (unpaired) electrons. The molecule has 0 aliphatic heterocycles. The van der Waals surface area contributed by atoms with Crippen LogP contribution < -0.4 is 15.8 Å². The molecule has 88 valence electrons. The molecule has 1 heteroatoms. The average molecular weight is 225 g/mol. The van der Waals surface area contributed by atoms with Gasteiger partial charge < -0.3 is 5.32 Å². The Morgan fingerprint density at radius 3 is 2.35 bits per heavy atom. The van der Waals surface area contributed by atoms with Crippen LogP contribution in [-0.2, 0) is 0 Å². The normalized spacial score (nSPS) is 11.7. The molecular weight excluding hydrogens is 206 g/mol. The summed E-state index contributed by atoms with van der Waals surface area (Å²) < 4.78 is 0. The van der Waals surface area contributed by atoms with Gasteiger partial charge in [0.25, 0.3) is 0 Å². The van der Waals surface area contributed by atoms with E-state index < -0.39 is 0 Å². The molecule has 2 aromatic carbocycles. The second-order valence-electron chi connectivity index (χ2n) is 5.48. The van der Waals surface area contributed by atoms with Gasteiger partial charge in [-0.3, -0.25) is 0 Å². The maximum atomic E-state index is 4.14. The van der Waals surface area contributed by atoms with Crippen LogP contribution in [0.1, 0.15) is 20.8 Å². The highest BCUT2D eigenvalue weighted by atomic mass is 14.9. The zero-order valence-electron chi connectivity index (χ0n) is 10.8. The van der Waals surface area contributed by atoms with Crippen molar-refractivity contribution in [2.24, 2.45) is 0 Å². The first-order chi connectivity index (χ1) is 7.88. The Labute approximate surface area is 102 Å². The Hall–Kier alpha value is -1.76. The zero-order valence-corrected chi connectivity index (χ0v) is 10.8. The standard InChI is InChI=1S/C16H19N/c1-11-9-10-13-7-6-8-14(15(13)12(11)2)17-16(3,4)5/h6-10,17H,1-2H2,3-5H3. The van der Waals surface area contributed by atoms with Crippen LogP contribution in [0, 0.1) is 0 Å². The molecule has 2 aromatic rings. The molecular formula is C16H19N. The topological polar surface area (TPSA) is 12.0 Å². The highest BCUT2D eigenvalue weighted by Crippen LogP contribution is 2.22. The fraction of sp³-hybridized carbons (Fsp3) is 0.250. The third kappa shape index (κ3) is 2.33. The van der Waals surface area contributed by atoms with E-state index in [1.54, 1.807) is 0 Å². The van der Waals surface area contributed by atoms with Crippen molar-refractivity contribution in [2.45, 2.75) is 26.3 Å². The lowest BCUT2D eigenvalue weighted by Crippen LogP contribution is -2.28. The Morgan fingerprint density at radius 2 is 1.71 bits per heavy atom. The van der Waals surface area contributed by atoms with Gasteiger partial charge in [-0.25, -0.2) is 0 Å². The molecule has 1 nitrogen and oxygen atoms in total. The minimum Gasteiger partial charge on any atom is -0.380 e. The van der Waals surface area contributed by atoms with Crippen LogP contribution >= 0.6 is 0 Å². The van der Waals surface area contributed by atoms with E-state index in [1.807, 2.05) is 6.07 Å². The monoisotopic (exact) mass is 225 g/mol. The fourth-order valence-electron chi connectivity index (χ4n) is 2.01. The van der Waals surface area contributed by atoms with Crippen molar-refractivity contribution in [1.29, 1.82) is 0 Å². The highest BCUT2D eigenvalue weighted by Gasteiger charge is 2.11. The van der Waals surface area contributed by atoms with Crippen molar-refractivity contribution in [1.82, 2.24) is 0 Å². The molecule has 0 atom stereocenters. The van der Waals surface area contributed by atoms with Crippen LogP contribution in [0.4, 0.5) is 5.69 Å². The summed E-state index contributed by atoms with van der Waals surface area (Å²) in [5, 5.41) is 7.90. The molecule has 0 amide bonds. The van der Waals surface area contributed by atoms with Gasteiger partial charge in [-0.05, 0) is 42.7 Å². The summed E-state index contributed by atoms with van der Waals surface area (Å²) in [4.78, 5) is 0. The van der Waals surface area contributed by atoms with E-state index >= 15 is 0 Å². The largest absolute Gasteiger partial charge is 0.380 e. The molecule has 0 saturated heterocycles. The first-order valence-electron chi connectivity index (χ1n) is 5.86. The van der Waals surface area contributed by atoms with E-state index in [-0.39, 0.29) is 5.54 Å². The van der Waals surface area contributed by atoms with Crippen molar-refractivity contribution >= 4 is 29.6 Å². The molecule has 1 N–H and O–H groups in total. The first kappa shape index (κ1) is 11.7. The molecule has 0 aliphatic rings. The van der Waals surface area contributed by atoms with E-state index in [0.717, 1.165) is 16.1 Å². The van der Waals surface area contributed by atoms with Crippen molar-refractivity contribution in [3.8, 4) is 0 Å². The molecule has 0 heterocycles. The molecule has 0 bridgehead atoms. The SMILES string of the molecule is C=c1ccc2cccc(NC(C)(C)C)c2c1=C. The van der Waals surface area contributed by atoms with Gasteiger partial charge in [0, 0.05) is 16.6 Å². The third-order valence-corrected chi connectivity index (χ3v) is 2.76. The van der Waals surface area contributed by atoms with Crippen LogP contribution in [-0.4, -0.2) is 5.54 Å². The Kier molecular flexibility index (Phi) is 2.70. The smallest absolute Gasteiger partial charge is 0.0429 e. The van der Waals surface area contributed by atoms with E-state index in [4.69, 9.17) is 0 Å². The van der Waals surface area contributed by atoms with Crippen molar-refractivity contribution in [3.05, 3.63) is 40.8 Å². The van der Waals surface area contributed by atoms with Crippen LogP contribution in [0.15, 0.2) is 30.3 Å². The van der Waals surface area contributed by atoms with Gasteiger partial charge in [0.05, 0.1) is 0 Å². The number of rotatable bonds is 1. The molecule has 0 aliphatic carbocycles. The summed E-state index contributed by atoms with van der Waals surface area (Å²) in [6, 6.07) is 10.4. The molecule has 2 rings (SSSR count). The Bertz CT molecular complexity index is 648. The quantitative estimate of drug-likeness (QED) is 0.787. The Balaban J connectivity index is 2.76. The highest BCUT2D eigenvalue weighted by molar-refractivity contribution is 5.94. The predicted molar refractivity (Wildman–Crippen MR) is 77.6 cm³/mol. The molecule has 0 saturated carbocycles. The summed E-state index contributed by atoms with van der Waals surface area (Å²) in [6.45, 7) is 14.6. The summed E-state index contributed by atoms with van der Waals surface area (Å²) in [7, 11) is 0. The van der Waals surface area contributed by atoms with Gasteiger partial charge in [-0.2, -0.15) is 0 Å². The summed E-state index contributed by atoms with van der Waals surface area (Å²) in [6.07, 6.45) is 0. The maximum Gasteiger partial charge on any atom is 0.0429 e. The Morgan fingerprint density at radius 1 is 1.00 bits per heavy atom. The van der Waals surface area contributed by atoms with E-state index in [1.165, 1.54) is 10.8 Å². The number of benzene rings is 2. The van der Waals surface area contributed by atoms with Gasteiger partial charge >= 0.3 is 0 Å². The van der Waals surface area contributed by atoms with Crippen LogP contribution in [0.3, 0.4) is 0 Å². The molecule has 0 unspecified atom stereocenters. The predicted octanol–water partition coefficient (Wildman–Crippen LogP) is 2.87. The second-order valence-corrected chi connectivity index (χ2v) is 5.48. The van der Waals surface area contributed by atoms with Crippen LogP contribution in [0.5, 0.6) is 0 Å². The van der Waals surface area contributed by atoms with Crippen molar-refractivity contribution < 1.29 is 0 Å². The number of anilines is 1. The van der Waals surface area contributed by atoms with Gasteiger partial charge in [0.2, 0.25) is 0 Å². The lowest BCUT2D eigenvalue weighted by molar-refractivity contribution is 0.635. The van der Waals surface area contributed by atoms with Crippen LogP contribution in [0.25, 0.3) is 23.9 Å². The summed E-state index contributed by atoms with van der Waals surface area (Å²) in [5.41, 5.74) is 1.17. The minimum absolute atomic E-state index is 0.0396. The lowest BCUT2D eigenvalue weighted by atomic mass is 10.0. The van der Waals surface area contributed by atoms with Crippen molar-refractivity contribution in [3.63, 3.8) is 0 Å². The number of fused-ring (bicyclic) bond motifs is 1. The maximum absolute atomic E-state index is 4.14. The van der Waals surface area contributed by atoms with Gasteiger partial charge in [-0.15, -0.1) is 0 Å². The molecule has 17 heavy (non-hydrogen) atoms. The number of hydrogen-bond acceptors (Lipinski definition) is 1. The summed E-state index contributed by atoms with van der Waals surface area (Å²) in [5.74, 6) is 0. The summed E-state index contributed by atoms with van der Waals surface area (Å²) >= 11 is 0. The van der Waals surface area contributed by atoms with E-state index in [2.05, 4.69) is 63.5 Å². The average Bonchev–Trinajstić information content (AvgIpc) is 2.21. The second kappa shape index (κ2) is 3.92. The molecule has 0 spiro atoms. The fourth-order valence-corrected chi connectivity index (χ4v) is 2.01. The van der Waals surface area contributed by atoms with E-state index in [0.29, 0.717) is 0 Å².